The first-order valence-electron chi connectivity index (χ1n) is 7.30. The topological polar surface area (TPSA) is 64.4 Å². The molecule has 0 radical (unpaired) electrons. The van der Waals surface area contributed by atoms with Crippen molar-refractivity contribution in [3.05, 3.63) is 51.6 Å². The van der Waals surface area contributed by atoms with Crippen LogP contribution in [0.1, 0.15) is 32.1 Å². The summed E-state index contributed by atoms with van der Waals surface area (Å²) in [6.07, 6.45) is 0.436. The third-order valence-electron chi connectivity index (χ3n) is 4.09. The molecular weight excluding hydrogens is 337 g/mol. The van der Waals surface area contributed by atoms with Crippen LogP contribution in [0.5, 0.6) is 0 Å². The molecule has 0 N–H and O–H groups in total. The molecule has 1 aliphatic rings. The minimum absolute atomic E-state index is 0.0750. The van der Waals surface area contributed by atoms with Gasteiger partial charge in [-0.25, -0.2) is 9.18 Å². The van der Waals surface area contributed by atoms with Crippen LogP contribution in [0.3, 0.4) is 0 Å². The Labute approximate surface area is 142 Å². The van der Waals surface area contributed by atoms with Gasteiger partial charge >= 0.3 is 5.97 Å². The number of hydrogen-bond donors (Lipinski definition) is 0. The number of aromatic nitrogens is 2. The summed E-state index contributed by atoms with van der Waals surface area (Å²) in [6.45, 7) is 0.561. The van der Waals surface area contributed by atoms with Gasteiger partial charge in [0.25, 0.3) is 5.91 Å². The maximum absolute atomic E-state index is 14.0. The summed E-state index contributed by atoms with van der Waals surface area (Å²) >= 11 is 5.97. The number of fused-ring (bicyclic) bond motifs is 1. The Morgan fingerprint density at radius 1 is 1.38 bits per heavy atom. The second-order valence-corrected chi connectivity index (χ2v) is 5.87. The summed E-state index contributed by atoms with van der Waals surface area (Å²) in [5.41, 5.74) is 1.60. The van der Waals surface area contributed by atoms with Crippen molar-refractivity contribution < 1.29 is 18.7 Å². The molecule has 2 heterocycles. The smallest absolute Gasteiger partial charge is 0.358 e. The third kappa shape index (κ3) is 2.65. The number of amides is 1. The first-order chi connectivity index (χ1) is 11.4. The van der Waals surface area contributed by atoms with Gasteiger partial charge in [-0.05, 0) is 18.6 Å². The number of rotatable bonds is 2. The molecule has 1 aliphatic heterocycles. The van der Waals surface area contributed by atoms with Gasteiger partial charge in [0.15, 0.2) is 5.69 Å². The highest BCUT2D eigenvalue weighted by molar-refractivity contribution is 6.33. The lowest BCUT2D eigenvalue weighted by Gasteiger charge is -2.28. The average Bonchev–Trinajstić information content (AvgIpc) is 2.90. The van der Waals surface area contributed by atoms with Crippen molar-refractivity contribution >= 4 is 23.5 Å². The molecule has 1 aromatic heterocycles. The SMILES string of the molecule is COC(=O)c1nn(C)c2c1CCN(C(=O)c1c(F)cccc1Cl)C2. The molecule has 1 amide bonds. The van der Waals surface area contributed by atoms with Crippen LogP contribution in [0.2, 0.25) is 5.02 Å². The predicted molar refractivity (Wildman–Crippen MR) is 84.4 cm³/mol. The molecule has 0 saturated heterocycles. The summed E-state index contributed by atoms with van der Waals surface area (Å²) in [6, 6.07) is 4.13. The van der Waals surface area contributed by atoms with E-state index in [0.29, 0.717) is 13.0 Å². The van der Waals surface area contributed by atoms with E-state index in [1.807, 2.05) is 0 Å². The molecule has 0 aliphatic carbocycles. The van der Waals surface area contributed by atoms with Crippen LogP contribution in [0.15, 0.2) is 18.2 Å². The van der Waals surface area contributed by atoms with Gasteiger partial charge < -0.3 is 9.64 Å². The monoisotopic (exact) mass is 351 g/mol. The quantitative estimate of drug-likeness (QED) is 0.778. The lowest BCUT2D eigenvalue weighted by atomic mass is 10.0. The Bertz CT molecular complexity index is 814. The zero-order chi connectivity index (χ0) is 17.4. The first-order valence-corrected chi connectivity index (χ1v) is 7.68. The van der Waals surface area contributed by atoms with Gasteiger partial charge in [-0.1, -0.05) is 17.7 Å². The fourth-order valence-electron chi connectivity index (χ4n) is 2.86. The largest absolute Gasteiger partial charge is 0.464 e. The van der Waals surface area contributed by atoms with Crippen LogP contribution in [0, 0.1) is 5.82 Å². The minimum atomic E-state index is -0.654. The Hall–Kier alpha value is -2.41. The number of methoxy groups -OCH3 is 1. The van der Waals surface area contributed by atoms with Crippen molar-refractivity contribution in [3.63, 3.8) is 0 Å². The van der Waals surface area contributed by atoms with Crippen LogP contribution in [0.4, 0.5) is 4.39 Å². The maximum atomic E-state index is 14.0. The first kappa shape index (κ1) is 16.4. The van der Waals surface area contributed by atoms with E-state index in [9.17, 15) is 14.0 Å². The van der Waals surface area contributed by atoms with E-state index in [4.69, 9.17) is 16.3 Å². The Morgan fingerprint density at radius 2 is 2.12 bits per heavy atom. The highest BCUT2D eigenvalue weighted by Gasteiger charge is 2.31. The van der Waals surface area contributed by atoms with E-state index < -0.39 is 17.7 Å². The van der Waals surface area contributed by atoms with Crippen molar-refractivity contribution in [2.45, 2.75) is 13.0 Å². The van der Waals surface area contributed by atoms with Crippen LogP contribution >= 0.6 is 11.6 Å². The number of hydrogen-bond acceptors (Lipinski definition) is 4. The summed E-state index contributed by atoms with van der Waals surface area (Å²) in [5.74, 6) is -1.65. The maximum Gasteiger partial charge on any atom is 0.358 e. The zero-order valence-corrected chi connectivity index (χ0v) is 13.9. The van der Waals surface area contributed by atoms with E-state index in [-0.39, 0.29) is 22.8 Å². The zero-order valence-electron chi connectivity index (χ0n) is 13.2. The number of aryl methyl sites for hydroxylation is 1. The minimum Gasteiger partial charge on any atom is -0.464 e. The average molecular weight is 352 g/mol. The number of halogens is 2. The lowest BCUT2D eigenvalue weighted by Crippen LogP contribution is -2.37. The van der Waals surface area contributed by atoms with Gasteiger partial charge in [0.05, 0.1) is 29.9 Å². The van der Waals surface area contributed by atoms with Crippen LogP contribution < -0.4 is 0 Å². The van der Waals surface area contributed by atoms with Crippen LogP contribution in [-0.4, -0.2) is 40.2 Å². The molecule has 0 saturated carbocycles. The van der Waals surface area contributed by atoms with Gasteiger partial charge in [0.1, 0.15) is 5.82 Å². The molecule has 3 rings (SSSR count). The Morgan fingerprint density at radius 3 is 2.79 bits per heavy atom. The number of benzene rings is 1. The normalized spacial score (nSPS) is 13.6. The third-order valence-corrected chi connectivity index (χ3v) is 4.40. The Balaban J connectivity index is 1.92. The standard InChI is InChI=1S/C16H15ClFN3O3/c1-20-12-8-21(7-6-9(12)14(19-20)16(23)24-2)15(22)13-10(17)4-3-5-11(13)18/h3-5H,6-8H2,1-2H3. The number of carbonyl (C=O) groups is 2. The van der Waals surface area contributed by atoms with Crippen LogP contribution in [-0.2, 0) is 24.8 Å². The van der Waals surface area contributed by atoms with Crippen LogP contribution in [0.25, 0.3) is 0 Å². The molecule has 0 unspecified atom stereocenters. The summed E-state index contributed by atoms with van der Waals surface area (Å²) < 4.78 is 20.3. The highest BCUT2D eigenvalue weighted by atomic mass is 35.5. The molecule has 0 atom stereocenters. The van der Waals surface area contributed by atoms with E-state index in [0.717, 1.165) is 11.3 Å². The fourth-order valence-corrected chi connectivity index (χ4v) is 3.11. The fraction of sp³-hybridized carbons (Fsp3) is 0.312. The lowest BCUT2D eigenvalue weighted by molar-refractivity contribution is 0.0591. The second kappa shape index (κ2) is 6.24. The van der Waals surface area contributed by atoms with Gasteiger partial charge in [-0.3, -0.25) is 9.48 Å². The molecule has 24 heavy (non-hydrogen) atoms. The van der Waals surface area contributed by atoms with Crippen molar-refractivity contribution in [3.8, 4) is 0 Å². The van der Waals surface area contributed by atoms with E-state index in [2.05, 4.69) is 5.10 Å². The van der Waals surface area contributed by atoms with E-state index in [1.54, 1.807) is 11.7 Å². The summed E-state index contributed by atoms with van der Waals surface area (Å²) in [5, 5.41) is 4.24. The van der Waals surface area contributed by atoms with Crippen molar-refractivity contribution in [1.82, 2.24) is 14.7 Å². The number of esters is 1. The molecule has 0 bridgehead atoms. The number of ether oxygens (including phenoxy) is 1. The van der Waals surface area contributed by atoms with Gasteiger partial charge in [0, 0.05) is 19.2 Å². The molecule has 1 aromatic carbocycles. The molecule has 126 valence electrons. The molecule has 8 heteroatoms. The second-order valence-electron chi connectivity index (χ2n) is 5.46. The van der Waals surface area contributed by atoms with E-state index in [1.165, 1.54) is 30.2 Å². The Kier molecular flexibility index (Phi) is 4.28. The molecule has 0 spiro atoms. The van der Waals surface area contributed by atoms with Gasteiger partial charge in [0.2, 0.25) is 0 Å². The van der Waals surface area contributed by atoms with Gasteiger partial charge in [-0.15, -0.1) is 0 Å². The summed E-state index contributed by atoms with van der Waals surface area (Å²) in [7, 11) is 2.98. The molecule has 0 fully saturated rings. The number of nitrogens with zero attached hydrogens (tertiary/aromatic N) is 3. The van der Waals surface area contributed by atoms with Gasteiger partial charge in [-0.2, -0.15) is 5.10 Å². The molecule has 6 nitrogen and oxygen atoms in total. The molecule has 2 aromatic rings. The predicted octanol–water partition coefficient (Wildman–Crippen LogP) is 2.20. The number of carbonyl (C=O) groups excluding carboxylic acids is 2. The van der Waals surface area contributed by atoms with Crippen molar-refractivity contribution in [2.75, 3.05) is 13.7 Å². The molecular formula is C16H15ClFN3O3. The summed E-state index contributed by atoms with van der Waals surface area (Å²) in [4.78, 5) is 25.9. The highest BCUT2D eigenvalue weighted by Crippen LogP contribution is 2.26. The van der Waals surface area contributed by atoms with Crippen molar-refractivity contribution in [1.29, 1.82) is 0 Å². The van der Waals surface area contributed by atoms with E-state index >= 15 is 0 Å². The van der Waals surface area contributed by atoms with Crippen molar-refractivity contribution in [2.24, 2.45) is 7.05 Å².